The van der Waals surface area contributed by atoms with Gasteiger partial charge in [0.2, 0.25) is 0 Å². The highest BCUT2D eigenvalue weighted by Gasteiger charge is 2.12. The van der Waals surface area contributed by atoms with Crippen LogP contribution in [0, 0.1) is 5.92 Å². The van der Waals surface area contributed by atoms with Gasteiger partial charge in [-0.05, 0) is 30.9 Å². The van der Waals surface area contributed by atoms with E-state index in [1.807, 2.05) is 6.07 Å². The maximum atomic E-state index is 5.76. The number of hydrogen-bond acceptors (Lipinski definition) is 2. The number of ether oxygens (including phenoxy) is 1. The average molecular weight is 247 g/mol. The van der Waals surface area contributed by atoms with E-state index >= 15 is 0 Å². The minimum atomic E-state index is 0.569. The summed E-state index contributed by atoms with van der Waals surface area (Å²) in [5, 5.41) is 3.63. The second-order valence-electron chi connectivity index (χ2n) is 5.71. The van der Waals surface area contributed by atoms with Crippen LogP contribution in [0.2, 0.25) is 0 Å². The van der Waals surface area contributed by atoms with Gasteiger partial charge in [-0.25, -0.2) is 0 Å². The maximum absolute atomic E-state index is 5.76. The molecule has 0 spiro atoms. The summed E-state index contributed by atoms with van der Waals surface area (Å²) in [5.41, 5.74) is 1.20. The standard InChI is InChI=1S/C16H25NO/c1-13(2)12-18-16-10-6-9-15(11-16)17-14-7-4-3-5-8-14/h6,9-11,13-14,17H,3-5,7-8,12H2,1-2H3. The molecule has 0 aliphatic heterocycles. The van der Waals surface area contributed by atoms with Crippen LogP contribution in [-0.2, 0) is 0 Å². The van der Waals surface area contributed by atoms with Crippen molar-refractivity contribution >= 4 is 5.69 Å². The van der Waals surface area contributed by atoms with Crippen molar-refractivity contribution in [3.63, 3.8) is 0 Å². The molecular weight excluding hydrogens is 222 g/mol. The molecule has 0 unspecified atom stereocenters. The molecule has 0 bridgehead atoms. The number of nitrogens with one attached hydrogen (secondary N) is 1. The smallest absolute Gasteiger partial charge is 0.121 e. The van der Waals surface area contributed by atoms with Crippen LogP contribution in [0.25, 0.3) is 0 Å². The van der Waals surface area contributed by atoms with Crippen molar-refractivity contribution in [1.29, 1.82) is 0 Å². The maximum Gasteiger partial charge on any atom is 0.121 e. The SMILES string of the molecule is CC(C)COc1cccc(NC2CCCCC2)c1. The molecule has 0 radical (unpaired) electrons. The van der Waals surface area contributed by atoms with Gasteiger partial charge in [0.05, 0.1) is 6.61 Å². The first kappa shape index (κ1) is 13.3. The van der Waals surface area contributed by atoms with Crippen molar-refractivity contribution < 1.29 is 4.74 Å². The Bertz CT molecular complexity index is 356. The third-order valence-electron chi connectivity index (χ3n) is 3.39. The van der Waals surface area contributed by atoms with E-state index in [1.54, 1.807) is 0 Å². The van der Waals surface area contributed by atoms with Gasteiger partial charge in [-0.3, -0.25) is 0 Å². The molecule has 0 saturated heterocycles. The zero-order valence-corrected chi connectivity index (χ0v) is 11.6. The lowest BCUT2D eigenvalue weighted by Crippen LogP contribution is -2.22. The average Bonchev–Trinajstić information content (AvgIpc) is 2.38. The molecule has 1 N–H and O–H groups in total. The highest BCUT2D eigenvalue weighted by Crippen LogP contribution is 2.24. The molecule has 1 saturated carbocycles. The predicted molar refractivity (Wildman–Crippen MR) is 77.3 cm³/mol. The van der Waals surface area contributed by atoms with Crippen molar-refractivity contribution in [2.75, 3.05) is 11.9 Å². The predicted octanol–water partition coefficient (Wildman–Crippen LogP) is 4.47. The van der Waals surface area contributed by atoms with E-state index in [0.717, 1.165) is 12.4 Å². The molecule has 1 aliphatic rings. The molecular formula is C16H25NO. The Morgan fingerprint density at radius 1 is 1.22 bits per heavy atom. The summed E-state index contributed by atoms with van der Waals surface area (Å²) in [6.45, 7) is 5.13. The second-order valence-corrected chi connectivity index (χ2v) is 5.71. The molecule has 100 valence electrons. The molecule has 2 heteroatoms. The van der Waals surface area contributed by atoms with Crippen LogP contribution in [0.1, 0.15) is 46.0 Å². The van der Waals surface area contributed by atoms with E-state index < -0.39 is 0 Å². The van der Waals surface area contributed by atoms with E-state index in [0.29, 0.717) is 12.0 Å². The van der Waals surface area contributed by atoms with Gasteiger partial charge in [0.25, 0.3) is 0 Å². The minimum Gasteiger partial charge on any atom is -0.493 e. The fraction of sp³-hybridized carbons (Fsp3) is 0.625. The summed E-state index contributed by atoms with van der Waals surface area (Å²) in [4.78, 5) is 0. The molecule has 1 fully saturated rings. The van der Waals surface area contributed by atoms with Gasteiger partial charge >= 0.3 is 0 Å². The van der Waals surface area contributed by atoms with Gasteiger partial charge in [0.1, 0.15) is 5.75 Å². The van der Waals surface area contributed by atoms with Gasteiger partial charge in [0, 0.05) is 17.8 Å². The van der Waals surface area contributed by atoms with E-state index in [2.05, 4.69) is 37.4 Å². The molecule has 0 atom stereocenters. The van der Waals surface area contributed by atoms with Crippen molar-refractivity contribution in [2.45, 2.75) is 52.0 Å². The first-order valence-corrected chi connectivity index (χ1v) is 7.23. The summed E-state index contributed by atoms with van der Waals surface area (Å²) in [6, 6.07) is 9.02. The summed E-state index contributed by atoms with van der Waals surface area (Å²) in [5.74, 6) is 1.55. The summed E-state index contributed by atoms with van der Waals surface area (Å²) in [7, 11) is 0. The van der Waals surface area contributed by atoms with Crippen LogP contribution in [-0.4, -0.2) is 12.6 Å². The summed E-state index contributed by atoms with van der Waals surface area (Å²) >= 11 is 0. The largest absolute Gasteiger partial charge is 0.493 e. The van der Waals surface area contributed by atoms with Gasteiger partial charge in [-0.1, -0.05) is 39.2 Å². The Morgan fingerprint density at radius 2 is 2.00 bits per heavy atom. The van der Waals surface area contributed by atoms with Crippen LogP contribution < -0.4 is 10.1 Å². The minimum absolute atomic E-state index is 0.569. The van der Waals surface area contributed by atoms with Gasteiger partial charge in [0.15, 0.2) is 0 Å². The second kappa shape index (κ2) is 6.67. The number of hydrogen-bond donors (Lipinski definition) is 1. The van der Waals surface area contributed by atoms with E-state index in [1.165, 1.54) is 37.8 Å². The molecule has 1 aliphatic carbocycles. The van der Waals surface area contributed by atoms with Crippen molar-refractivity contribution in [2.24, 2.45) is 5.92 Å². The quantitative estimate of drug-likeness (QED) is 0.829. The lowest BCUT2D eigenvalue weighted by molar-refractivity contribution is 0.271. The Morgan fingerprint density at radius 3 is 2.72 bits per heavy atom. The van der Waals surface area contributed by atoms with E-state index in [4.69, 9.17) is 4.74 Å². The van der Waals surface area contributed by atoms with Crippen molar-refractivity contribution in [3.8, 4) is 5.75 Å². The van der Waals surface area contributed by atoms with Gasteiger partial charge in [-0.2, -0.15) is 0 Å². The highest BCUT2D eigenvalue weighted by molar-refractivity contribution is 5.48. The third-order valence-corrected chi connectivity index (χ3v) is 3.39. The molecule has 18 heavy (non-hydrogen) atoms. The molecule has 0 amide bonds. The van der Waals surface area contributed by atoms with E-state index in [-0.39, 0.29) is 0 Å². The lowest BCUT2D eigenvalue weighted by Gasteiger charge is -2.24. The first-order valence-electron chi connectivity index (χ1n) is 7.23. The van der Waals surface area contributed by atoms with Crippen LogP contribution in [0.4, 0.5) is 5.69 Å². The highest BCUT2D eigenvalue weighted by atomic mass is 16.5. The first-order chi connectivity index (χ1) is 8.74. The Balaban J connectivity index is 1.89. The van der Waals surface area contributed by atoms with Crippen LogP contribution >= 0.6 is 0 Å². The van der Waals surface area contributed by atoms with Crippen LogP contribution in [0.5, 0.6) is 5.75 Å². The van der Waals surface area contributed by atoms with Crippen molar-refractivity contribution in [1.82, 2.24) is 0 Å². The fourth-order valence-electron chi connectivity index (χ4n) is 2.42. The van der Waals surface area contributed by atoms with Crippen LogP contribution in [0.3, 0.4) is 0 Å². The topological polar surface area (TPSA) is 21.3 Å². The Hall–Kier alpha value is -1.18. The summed E-state index contributed by atoms with van der Waals surface area (Å²) < 4.78 is 5.76. The van der Waals surface area contributed by atoms with Crippen molar-refractivity contribution in [3.05, 3.63) is 24.3 Å². The van der Waals surface area contributed by atoms with Gasteiger partial charge < -0.3 is 10.1 Å². The molecule has 0 aromatic heterocycles. The third kappa shape index (κ3) is 4.25. The molecule has 1 aromatic rings. The van der Waals surface area contributed by atoms with Gasteiger partial charge in [-0.15, -0.1) is 0 Å². The van der Waals surface area contributed by atoms with E-state index in [9.17, 15) is 0 Å². The monoisotopic (exact) mass is 247 g/mol. The molecule has 2 nitrogen and oxygen atoms in total. The normalized spacial score (nSPS) is 16.8. The fourth-order valence-corrected chi connectivity index (χ4v) is 2.42. The molecule has 1 aromatic carbocycles. The molecule has 0 heterocycles. The van der Waals surface area contributed by atoms with Crippen LogP contribution in [0.15, 0.2) is 24.3 Å². The number of anilines is 1. The number of benzene rings is 1. The zero-order valence-electron chi connectivity index (χ0n) is 11.6. The number of rotatable bonds is 5. The zero-order chi connectivity index (χ0) is 12.8. The Kier molecular flexibility index (Phi) is 4.91. The summed E-state index contributed by atoms with van der Waals surface area (Å²) in [6.07, 6.45) is 6.73. The molecule has 2 rings (SSSR count). The lowest BCUT2D eigenvalue weighted by atomic mass is 9.95. The Labute approximate surface area is 111 Å².